The zero-order valence-corrected chi connectivity index (χ0v) is 19.6. The largest absolute Gasteiger partial charge is 0.490 e. The van der Waals surface area contributed by atoms with Crippen LogP contribution in [0.2, 0.25) is 0 Å². The van der Waals surface area contributed by atoms with Gasteiger partial charge in [-0.3, -0.25) is 9.78 Å². The maximum atomic E-state index is 13.0. The molecule has 14 heteroatoms. The molecular weight excluding hydrogens is 505 g/mol. The van der Waals surface area contributed by atoms with Crippen LogP contribution in [-0.2, 0) is 31.0 Å². The van der Waals surface area contributed by atoms with E-state index in [0.29, 0.717) is 25.9 Å². The van der Waals surface area contributed by atoms with Gasteiger partial charge in [0.15, 0.2) is 5.60 Å². The van der Waals surface area contributed by atoms with E-state index in [1.807, 2.05) is 12.1 Å². The molecule has 1 atom stereocenters. The van der Waals surface area contributed by atoms with Gasteiger partial charge >= 0.3 is 12.1 Å². The van der Waals surface area contributed by atoms with Crippen molar-refractivity contribution in [1.29, 1.82) is 0 Å². The number of sulfonamides is 1. The van der Waals surface area contributed by atoms with E-state index in [1.165, 1.54) is 4.31 Å². The van der Waals surface area contributed by atoms with Crippen molar-refractivity contribution in [2.24, 2.45) is 5.16 Å². The van der Waals surface area contributed by atoms with Crippen LogP contribution in [0.15, 0.2) is 64.9 Å². The average Bonchev–Trinajstić information content (AvgIpc) is 3.26. The molecule has 1 saturated heterocycles. The number of alkyl halides is 3. The van der Waals surface area contributed by atoms with E-state index in [1.54, 1.807) is 42.7 Å². The number of rotatable bonds is 5. The standard InChI is InChI=1S/C20H22N4O4S.C2HF3O2/c25-19(22-14-16-7-10-21-11-8-16)18-13-20(28-23-18)9-4-12-24(15-20)29(26,27)17-5-2-1-3-6-17;3-2(4,5)1(6)7/h1-3,5-8,10-11H,4,9,12-15H2,(H,22,25);(H,6,7). The Morgan fingerprint density at radius 3 is 2.39 bits per heavy atom. The number of halogens is 3. The number of carboxylic acids is 1. The molecule has 0 saturated carbocycles. The SMILES string of the molecule is O=C(NCc1ccncc1)C1=NOC2(CCCN(S(=O)(=O)c3ccccc3)C2)C1.O=C(O)C(F)(F)F. The van der Waals surface area contributed by atoms with E-state index in [4.69, 9.17) is 14.7 Å². The van der Waals surface area contributed by atoms with Crippen molar-refractivity contribution in [3.63, 3.8) is 0 Å². The number of nitrogens with zero attached hydrogens (tertiary/aromatic N) is 3. The van der Waals surface area contributed by atoms with Gasteiger partial charge in [0.25, 0.3) is 5.91 Å². The molecule has 36 heavy (non-hydrogen) atoms. The van der Waals surface area contributed by atoms with Gasteiger partial charge < -0.3 is 15.3 Å². The fourth-order valence-electron chi connectivity index (χ4n) is 3.65. The van der Waals surface area contributed by atoms with E-state index in [2.05, 4.69) is 15.5 Å². The van der Waals surface area contributed by atoms with Gasteiger partial charge in [0, 0.05) is 31.9 Å². The highest BCUT2D eigenvalue weighted by Gasteiger charge is 2.47. The summed E-state index contributed by atoms with van der Waals surface area (Å²) in [7, 11) is -3.61. The quantitative estimate of drug-likeness (QED) is 0.608. The molecule has 194 valence electrons. The summed E-state index contributed by atoms with van der Waals surface area (Å²) in [6.45, 7) is 0.961. The molecular formula is C22H23F3N4O6S. The summed E-state index contributed by atoms with van der Waals surface area (Å²) in [6.07, 6.45) is -0.172. The van der Waals surface area contributed by atoms with Crippen LogP contribution in [0.4, 0.5) is 13.2 Å². The summed E-state index contributed by atoms with van der Waals surface area (Å²) in [6, 6.07) is 12.0. The van der Waals surface area contributed by atoms with Crippen molar-refractivity contribution in [3.8, 4) is 0 Å². The van der Waals surface area contributed by atoms with Gasteiger partial charge in [-0.05, 0) is 42.7 Å². The molecule has 1 aromatic heterocycles. The maximum Gasteiger partial charge on any atom is 0.490 e. The topological polar surface area (TPSA) is 138 Å². The second-order valence-corrected chi connectivity index (χ2v) is 10.0. The molecule has 2 aliphatic rings. The number of carbonyl (C=O) groups is 2. The molecule has 2 N–H and O–H groups in total. The molecule has 2 aromatic rings. The number of carboxylic acid groups (broad SMARTS) is 1. The number of amides is 1. The van der Waals surface area contributed by atoms with Gasteiger partial charge in [0.05, 0.1) is 11.4 Å². The number of aliphatic carboxylic acids is 1. The number of nitrogens with one attached hydrogen (secondary N) is 1. The van der Waals surface area contributed by atoms with Crippen LogP contribution in [0.5, 0.6) is 0 Å². The number of piperidine rings is 1. The van der Waals surface area contributed by atoms with Crippen LogP contribution >= 0.6 is 0 Å². The van der Waals surface area contributed by atoms with E-state index in [-0.39, 0.29) is 29.5 Å². The molecule has 10 nitrogen and oxygen atoms in total. The van der Waals surface area contributed by atoms with E-state index in [9.17, 15) is 26.4 Å². The van der Waals surface area contributed by atoms with Crippen LogP contribution in [0.25, 0.3) is 0 Å². The van der Waals surface area contributed by atoms with Crippen molar-refractivity contribution < 1.29 is 41.1 Å². The highest BCUT2D eigenvalue weighted by atomic mass is 32.2. The zero-order chi connectivity index (χ0) is 26.4. The highest BCUT2D eigenvalue weighted by molar-refractivity contribution is 7.89. The summed E-state index contributed by atoms with van der Waals surface area (Å²) < 4.78 is 59.1. The van der Waals surface area contributed by atoms with Crippen molar-refractivity contribution >= 4 is 27.6 Å². The molecule has 1 unspecified atom stereocenters. The predicted molar refractivity (Wildman–Crippen MR) is 120 cm³/mol. The van der Waals surface area contributed by atoms with E-state index >= 15 is 0 Å². The molecule has 1 aromatic carbocycles. The molecule has 2 aliphatic heterocycles. The number of pyridine rings is 1. The lowest BCUT2D eigenvalue weighted by atomic mass is 9.89. The Bertz CT molecular complexity index is 1210. The average molecular weight is 529 g/mol. The highest BCUT2D eigenvalue weighted by Crippen LogP contribution is 2.35. The van der Waals surface area contributed by atoms with Crippen molar-refractivity contribution in [3.05, 3.63) is 60.4 Å². The van der Waals surface area contributed by atoms with E-state index in [0.717, 1.165) is 5.56 Å². The predicted octanol–water partition coefficient (Wildman–Crippen LogP) is 2.33. The summed E-state index contributed by atoms with van der Waals surface area (Å²) >= 11 is 0. The number of hydrogen-bond donors (Lipinski definition) is 2. The Morgan fingerprint density at radius 2 is 1.78 bits per heavy atom. The Balaban J connectivity index is 0.000000454. The first-order chi connectivity index (χ1) is 16.9. The third-order valence-electron chi connectivity index (χ3n) is 5.43. The van der Waals surface area contributed by atoms with Gasteiger partial charge in [0.2, 0.25) is 10.0 Å². The Kier molecular flexibility index (Phi) is 8.30. The molecule has 0 bridgehead atoms. The van der Waals surface area contributed by atoms with Crippen LogP contribution in [0.1, 0.15) is 24.8 Å². The lowest BCUT2D eigenvalue weighted by Crippen LogP contribution is -2.50. The van der Waals surface area contributed by atoms with E-state index < -0.39 is 27.8 Å². The molecule has 1 amide bonds. The lowest BCUT2D eigenvalue weighted by molar-refractivity contribution is -0.192. The summed E-state index contributed by atoms with van der Waals surface area (Å²) in [5, 5.41) is 13.9. The second kappa shape index (κ2) is 11.0. The molecule has 4 rings (SSSR count). The normalized spacial score (nSPS) is 20.0. The number of oxime groups is 1. The fraction of sp³-hybridized carbons (Fsp3) is 0.364. The third-order valence-corrected chi connectivity index (χ3v) is 7.29. The Labute approximate surface area is 204 Å². The Morgan fingerprint density at radius 1 is 1.14 bits per heavy atom. The minimum atomic E-state index is -5.08. The monoisotopic (exact) mass is 528 g/mol. The van der Waals surface area contributed by atoms with Crippen LogP contribution < -0.4 is 5.32 Å². The third kappa shape index (κ3) is 6.79. The minimum Gasteiger partial charge on any atom is -0.475 e. The molecule has 1 fully saturated rings. The molecule has 3 heterocycles. The summed E-state index contributed by atoms with van der Waals surface area (Å²) in [5.41, 5.74) is 0.432. The fourth-order valence-corrected chi connectivity index (χ4v) is 5.22. The minimum absolute atomic E-state index is 0.175. The Hall–Kier alpha value is -3.52. The van der Waals surface area contributed by atoms with Crippen LogP contribution in [-0.4, -0.2) is 65.3 Å². The molecule has 0 radical (unpaired) electrons. The van der Waals surface area contributed by atoms with Gasteiger partial charge in [-0.15, -0.1) is 0 Å². The zero-order valence-electron chi connectivity index (χ0n) is 18.8. The smallest absolute Gasteiger partial charge is 0.475 e. The number of aromatic nitrogens is 1. The van der Waals surface area contributed by atoms with Crippen LogP contribution in [0, 0.1) is 0 Å². The summed E-state index contributed by atoms with van der Waals surface area (Å²) in [5.74, 6) is -3.06. The molecule has 1 spiro atoms. The first-order valence-corrected chi connectivity index (χ1v) is 12.1. The van der Waals surface area contributed by atoms with Gasteiger partial charge in [-0.2, -0.15) is 17.5 Å². The number of hydrogen-bond acceptors (Lipinski definition) is 7. The van der Waals surface area contributed by atoms with Crippen molar-refractivity contribution in [2.75, 3.05) is 13.1 Å². The van der Waals surface area contributed by atoms with Crippen molar-refractivity contribution in [1.82, 2.24) is 14.6 Å². The van der Waals surface area contributed by atoms with Crippen molar-refractivity contribution in [2.45, 2.75) is 42.5 Å². The maximum absolute atomic E-state index is 13.0. The number of benzene rings is 1. The van der Waals surface area contributed by atoms with Crippen LogP contribution in [0.3, 0.4) is 0 Å². The van der Waals surface area contributed by atoms with Gasteiger partial charge in [-0.25, -0.2) is 13.2 Å². The first kappa shape index (κ1) is 27.1. The first-order valence-electron chi connectivity index (χ1n) is 10.7. The van der Waals surface area contributed by atoms with Gasteiger partial charge in [-0.1, -0.05) is 23.4 Å². The summed E-state index contributed by atoms with van der Waals surface area (Å²) in [4.78, 5) is 31.2. The molecule has 0 aliphatic carbocycles. The van der Waals surface area contributed by atoms with Gasteiger partial charge in [0.1, 0.15) is 5.71 Å². The lowest BCUT2D eigenvalue weighted by Gasteiger charge is -2.37. The second-order valence-electron chi connectivity index (χ2n) is 8.09. The number of carbonyl (C=O) groups excluding carboxylic acids is 1.